The van der Waals surface area contributed by atoms with Crippen LogP contribution in [0.15, 0.2) is 45.6 Å². The number of carbonyl (C=O) groups is 1. The van der Waals surface area contributed by atoms with Crippen molar-refractivity contribution in [3.8, 4) is 0 Å². The Morgan fingerprint density at radius 1 is 1.23 bits per heavy atom. The van der Waals surface area contributed by atoms with Gasteiger partial charge in [-0.3, -0.25) is 4.79 Å². The van der Waals surface area contributed by atoms with Crippen LogP contribution >= 0.6 is 23.1 Å². The molecule has 0 spiro atoms. The molecule has 0 saturated carbocycles. The number of hydrogen-bond donors (Lipinski definition) is 1. The number of benzene rings is 1. The van der Waals surface area contributed by atoms with Gasteiger partial charge in [0.1, 0.15) is 0 Å². The molecule has 1 N–H and O–H groups in total. The van der Waals surface area contributed by atoms with Crippen molar-refractivity contribution in [3.63, 3.8) is 0 Å². The number of nitrogens with one attached hydrogen (secondary N) is 1. The van der Waals surface area contributed by atoms with E-state index in [4.69, 9.17) is 0 Å². The normalized spacial score (nSPS) is 18.2. The molecule has 22 heavy (non-hydrogen) atoms. The second kappa shape index (κ2) is 6.50. The van der Waals surface area contributed by atoms with Crippen molar-refractivity contribution in [3.05, 3.63) is 56.6 Å². The Morgan fingerprint density at radius 2 is 2.00 bits per heavy atom. The largest absolute Gasteiger partial charge is 0.300 e. The van der Waals surface area contributed by atoms with E-state index in [1.165, 1.54) is 22.9 Å². The lowest BCUT2D eigenvalue weighted by molar-refractivity contribution is -0.115. The van der Waals surface area contributed by atoms with Crippen LogP contribution in [0.4, 0.5) is 5.69 Å². The summed E-state index contributed by atoms with van der Waals surface area (Å²) in [5, 5.41) is 5.49. The van der Waals surface area contributed by atoms with E-state index in [0.29, 0.717) is 10.1 Å². The van der Waals surface area contributed by atoms with Gasteiger partial charge in [-0.15, -0.1) is 11.3 Å². The quantitative estimate of drug-likeness (QED) is 0.842. The fraction of sp³-hybridized carbons (Fsp3) is 0.176. The molecule has 1 aliphatic rings. The first-order valence-corrected chi connectivity index (χ1v) is 8.78. The highest BCUT2D eigenvalue weighted by Gasteiger charge is 2.24. The van der Waals surface area contributed by atoms with Gasteiger partial charge < -0.3 is 5.32 Å². The molecular formula is C17H16N2OS2. The molecule has 1 saturated heterocycles. The average Bonchev–Trinajstić information content (AvgIpc) is 3.07. The molecule has 3 rings (SSSR count). The van der Waals surface area contributed by atoms with E-state index >= 15 is 0 Å². The molecule has 3 nitrogen and oxygen atoms in total. The van der Waals surface area contributed by atoms with Crippen LogP contribution < -0.4 is 5.32 Å². The summed E-state index contributed by atoms with van der Waals surface area (Å²) in [6.07, 6.45) is 2.94. The number of aliphatic imine (C=N–C) groups is 1. The van der Waals surface area contributed by atoms with Crippen LogP contribution in [0.5, 0.6) is 0 Å². The molecule has 112 valence electrons. The van der Waals surface area contributed by atoms with E-state index in [1.807, 2.05) is 30.5 Å². The van der Waals surface area contributed by atoms with Crippen molar-refractivity contribution < 1.29 is 4.79 Å². The molecule has 5 heteroatoms. The predicted octanol–water partition coefficient (Wildman–Crippen LogP) is 4.51. The Hall–Kier alpha value is -1.85. The standard InChI is InChI=1S/C17H16N2OS2/c1-3-12-4-6-13(7-5-12)18-17-19-16(20)15(22-17)10-14-11(2)8-9-21-14/h4-10H,3H2,1-2H3,(H,18,19,20). The van der Waals surface area contributed by atoms with Crippen molar-refractivity contribution in [2.45, 2.75) is 20.3 Å². The molecular weight excluding hydrogens is 312 g/mol. The Bertz CT molecular complexity index is 757. The predicted molar refractivity (Wildman–Crippen MR) is 95.7 cm³/mol. The smallest absolute Gasteiger partial charge is 0.264 e. The molecule has 0 radical (unpaired) electrons. The Balaban J connectivity index is 1.80. The van der Waals surface area contributed by atoms with Crippen molar-refractivity contribution >= 4 is 45.9 Å². The number of thiophene rings is 1. The van der Waals surface area contributed by atoms with Crippen LogP contribution in [0.25, 0.3) is 6.08 Å². The zero-order valence-electron chi connectivity index (χ0n) is 12.4. The van der Waals surface area contributed by atoms with Crippen molar-refractivity contribution in [1.29, 1.82) is 0 Å². The summed E-state index contributed by atoms with van der Waals surface area (Å²) in [5.74, 6) is -0.0817. The van der Waals surface area contributed by atoms with Crippen LogP contribution in [0, 0.1) is 6.92 Å². The van der Waals surface area contributed by atoms with Crippen LogP contribution in [0.1, 0.15) is 22.9 Å². The van der Waals surface area contributed by atoms with Gasteiger partial charge in [-0.2, -0.15) is 0 Å². The zero-order chi connectivity index (χ0) is 15.5. The van der Waals surface area contributed by atoms with Gasteiger partial charge in [0.05, 0.1) is 10.6 Å². The van der Waals surface area contributed by atoms with Gasteiger partial charge in [0.25, 0.3) is 5.91 Å². The summed E-state index contributed by atoms with van der Waals surface area (Å²) in [7, 11) is 0. The number of hydrogen-bond acceptors (Lipinski definition) is 4. The summed E-state index contributed by atoms with van der Waals surface area (Å²) in [5.41, 5.74) is 3.32. The van der Waals surface area contributed by atoms with Gasteiger partial charge in [-0.05, 0) is 65.9 Å². The number of nitrogens with zero attached hydrogens (tertiary/aromatic N) is 1. The van der Waals surface area contributed by atoms with Crippen molar-refractivity contribution in [2.75, 3.05) is 0 Å². The Morgan fingerprint density at radius 3 is 2.64 bits per heavy atom. The van der Waals surface area contributed by atoms with E-state index in [9.17, 15) is 4.79 Å². The molecule has 0 unspecified atom stereocenters. The summed E-state index contributed by atoms with van der Waals surface area (Å²) in [4.78, 5) is 18.3. The van der Waals surface area contributed by atoms with E-state index in [2.05, 4.69) is 35.4 Å². The highest BCUT2D eigenvalue weighted by Crippen LogP contribution is 2.30. The maximum Gasteiger partial charge on any atom is 0.264 e. The van der Waals surface area contributed by atoms with Crippen LogP contribution in [-0.4, -0.2) is 11.1 Å². The lowest BCUT2D eigenvalue weighted by Crippen LogP contribution is -2.19. The fourth-order valence-corrected chi connectivity index (χ4v) is 3.81. The number of rotatable bonds is 3. The lowest BCUT2D eigenvalue weighted by atomic mass is 10.2. The molecule has 0 aliphatic carbocycles. The minimum atomic E-state index is -0.0817. The third-order valence-corrected chi connectivity index (χ3v) is 5.27. The number of amides is 1. The average molecular weight is 328 g/mol. The fourth-order valence-electron chi connectivity index (χ4n) is 2.06. The number of thioether (sulfide) groups is 1. The van der Waals surface area contributed by atoms with Gasteiger partial charge in [-0.25, -0.2) is 4.99 Å². The molecule has 2 aromatic rings. The summed E-state index contributed by atoms with van der Waals surface area (Å²) in [6, 6.07) is 10.1. The third-order valence-electron chi connectivity index (χ3n) is 3.39. The van der Waals surface area contributed by atoms with Gasteiger partial charge in [0.15, 0.2) is 5.17 Å². The molecule has 1 fully saturated rings. The lowest BCUT2D eigenvalue weighted by Gasteiger charge is -1.98. The van der Waals surface area contributed by atoms with E-state index < -0.39 is 0 Å². The van der Waals surface area contributed by atoms with Crippen molar-refractivity contribution in [2.24, 2.45) is 4.99 Å². The number of aryl methyl sites for hydroxylation is 2. The number of carbonyl (C=O) groups excluding carboxylic acids is 1. The molecule has 1 aromatic carbocycles. The second-order valence-corrected chi connectivity index (χ2v) is 6.95. The summed E-state index contributed by atoms with van der Waals surface area (Å²) >= 11 is 3.03. The first-order valence-electron chi connectivity index (χ1n) is 7.08. The van der Waals surface area contributed by atoms with Gasteiger partial charge in [0, 0.05) is 4.88 Å². The van der Waals surface area contributed by atoms with Crippen LogP contribution in [0.2, 0.25) is 0 Å². The molecule has 1 aromatic heterocycles. The maximum atomic E-state index is 12.0. The first kappa shape index (κ1) is 15.1. The molecule has 0 bridgehead atoms. The third kappa shape index (κ3) is 3.31. The van der Waals surface area contributed by atoms with Gasteiger partial charge in [0.2, 0.25) is 0 Å². The highest BCUT2D eigenvalue weighted by atomic mass is 32.2. The van der Waals surface area contributed by atoms with Gasteiger partial charge >= 0.3 is 0 Å². The molecule has 0 atom stereocenters. The monoisotopic (exact) mass is 328 g/mol. The number of amidine groups is 1. The molecule has 1 amide bonds. The first-order chi connectivity index (χ1) is 10.7. The minimum Gasteiger partial charge on any atom is -0.300 e. The maximum absolute atomic E-state index is 12.0. The Kier molecular flexibility index (Phi) is 4.45. The minimum absolute atomic E-state index is 0.0817. The topological polar surface area (TPSA) is 41.5 Å². The summed E-state index contributed by atoms with van der Waals surface area (Å²) in [6.45, 7) is 4.17. The molecule has 1 aliphatic heterocycles. The van der Waals surface area contributed by atoms with E-state index in [0.717, 1.165) is 17.0 Å². The SMILES string of the molecule is CCc1ccc(N=C2NC(=O)C(=Cc3sccc3C)S2)cc1. The van der Waals surface area contributed by atoms with Crippen LogP contribution in [-0.2, 0) is 11.2 Å². The second-order valence-electron chi connectivity index (χ2n) is 4.97. The zero-order valence-corrected chi connectivity index (χ0v) is 14.1. The van der Waals surface area contributed by atoms with E-state index in [-0.39, 0.29) is 5.91 Å². The summed E-state index contributed by atoms with van der Waals surface area (Å²) < 4.78 is 0. The molecule has 2 heterocycles. The van der Waals surface area contributed by atoms with Crippen LogP contribution in [0.3, 0.4) is 0 Å². The Labute approximate surface area is 138 Å². The van der Waals surface area contributed by atoms with Crippen molar-refractivity contribution in [1.82, 2.24) is 5.32 Å². The highest BCUT2D eigenvalue weighted by molar-refractivity contribution is 8.18. The van der Waals surface area contributed by atoms with Gasteiger partial charge in [-0.1, -0.05) is 19.1 Å². The van der Waals surface area contributed by atoms with E-state index in [1.54, 1.807) is 11.3 Å².